The molecule has 2 aromatic rings. The van der Waals surface area contributed by atoms with Crippen molar-refractivity contribution in [2.45, 2.75) is 10.7 Å². The topological polar surface area (TPSA) is 17.1 Å². The first-order chi connectivity index (χ1) is 8.61. The van der Waals surface area contributed by atoms with Crippen molar-refractivity contribution < 1.29 is 4.79 Å². The third-order valence-corrected chi connectivity index (χ3v) is 4.93. The van der Waals surface area contributed by atoms with Crippen LogP contribution < -0.4 is 0 Å². The standard InChI is InChI=1S/C15H10Br2O/c16-12-7-6-10-9-15(17,14(18)13(10)8-12)11-4-2-1-3-5-11/h1-8H,9H2. The first-order valence-electron chi connectivity index (χ1n) is 5.69. The number of halogens is 2. The predicted molar refractivity (Wildman–Crippen MR) is 79.2 cm³/mol. The van der Waals surface area contributed by atoms with Gasteiger partial charge < -0.3 is 0 Å². The van der Waals surface area contributed by atoms with Gasteiger partial charge in [-0.25, -0.2) is 0 Å². The van der Waals surface area contributed by atoms with Crippen LogP contribution in [0.15, 0.2) is 53.0 Å². The fraction of sp³-hybridized carbons (Fsp3) is 0.133. The Morgan fingerprint density at radius 2 is 1.78 bits per heavy atom. The van der Waals surface area contributed by atoms with Gasteiger partial charge in [-0.1, -0.05) is 68.3 Å². The summed E-state index contributed by atoms with van der Waals surface area (Å²) >= 11 is 7.08. The van der Waals surface area contributed by atoms with Crippen LogP contribution in [-0.4, -0.2) is 5.78 Å². The second-order valence-corrected chi connectivity index (χ2v) is 6.74. The van der Waals surface area contributed by atoms with Gasteiger partial charge in [0.05, 0.1) is 0 Å². The highest BCUT2D eigenvalue weighted by Gasteiger charge is 2.44. The van der Waals surface area contributed by atoms with Crippen LogP contribution in [0.25, 0.3) is 0 Å². The molecule has 0 radical (unpaired) electrons. The number of benzene rings is 2. The van der Waals surface area contributed by atoms with Crippen LogP contribution in [0.5, 0.6) is 0 Å². The Morgan fingerprint density at radius 3 is 2.50 bits per heavy atom. The molecule has 0 N–H and O–H groups in total. The van der Waals surface area contributed by atoms with Crippen LogP contribution >= 0.6 is 31.9 Å². The molecule has 2 aromatic carbocycles. The van der Waals surface area contributed by atoms with Crippen LogP contribution in [0.3, 0.4) is 0 Å². The maximum absolute atomic E-state index is 12.6. The molecule has 1 nitrogen and oxygen atoms in total. The number of carbonyl (C=O) groups excluding carboxylic acids is 1. The largest absolute Gasteiger partial charge is 0.292 e. The van der Waals surface area contributed by atoms with Crippen molar-refractivity contribution in [1.29, 1.82) is 0 Å². The molecule has 1 unspecified atom stereocenters. The number of carbonyl (C=O) groups is 1. The fourth-order valence-electron chi connectivity index (χ4n) is 2.41. The Labute approximate surface area is 122 Å². The van der Waals surface area contributed by atoms with E-state index in [9.17, 15) is 4.79 Å². The van der Waals surface area contributed by atoms with E-state index >= 15 is 0 Å². The monoisotopic (exact) mass is 364 g/mol. The number of ketones is 1. The zero-order chi connectivity index (χ0) is 12.8. The van der Waals surface area contributed by atoms with Crippen molar-refractivity contribution in [3.8, 4) is 0 Å². The van der Waals surface area contributed by atoms with E-state index in [0.717, 1.165) is 21.2 Å². The van der Waals surface area contributed by atoms with E-state index in [2.05, 4.69) is 31.9 Å². The van der Waals surface area contributed by atoms with Crippen LogP contribution in [0.1, 0.15) is 21.5 Å². The molecule has 0 saturated carbocycles. The van der Waals surface area contributed by atoms with E-state index in [0.29, 0.717) is 6.42 Å². The lowest BCUT2D eigenvalue weighted by Gasteiger charge is -2.20. The van der Waals surface area contributed by atoms with Crippen LogP contribution in [0.2, 0.25) is 0 Å². The number of hydrogen-bond acceptors (Lipinski definition) is 1. The second kappa shape index (κ2) is 4.32. The van der Waals surface area contributed by atoms with Crippen molar-refractivity contribution in [3.63, 3.8) is 0 Å². The molecule has 1 atom stereocenters. The molecule has 1 aliphatic carbocycles. The summed E-state index contributed by atoms with van der Waals surface area (Å²) in [6, 6.07) is 15.8. The molecule has 1 aliphatic rings. The number of fused-ring (bicyclic) bond motifs is 1. The minimum atomic E-state index is -0.600. The second-order valence-electron chi connectivity index (χ2n) is 4.47. The van der Waals surface area contributed by atoms with E-state index < -0.39 is 4.32 Å². The lowest BCUT2D eigenvalue weighted by Crippen LogP contribution is -2.25. The molecule has 0 aliphatic heterocycles. The maximum Gasteiger partial charge on any atom is 0.184 e. The molecule has 0 spiro atoms. The number of hydrogen-bond donors (Lipinski definition) is 0. The van der Waals surface area contributed by atoms with Gasteiger partial charge in [0.2, 0.25) is 0 Å². The van der Waals surface area contributed by atoms with Crippen LogP contribution in [0.4, 0.5) is 0 Å². The minimum Gasteiger partial charge on any atom is -0.292 e. The molecule has 0 bridgehead atoms. The van der Waals surface area contributed by atoms with Crippen molar-refractivity contribution in [1.82, 2.24) is 0 Å². The average molecular weight is 366 g/mol. The van der Waals surface area contributed by atoms with E-state index in [4.69, 9.17) is 0 Å². The Balaban J connectivity index is 2.12. The SMILES string of the molecule is O=C1c2cc(Br)ccc2CC1(Br)c1ccccc1. The zero-order valence-corrected chi connectivity index (χ0v) is 12.7. The number of alkyl halides is 1. The molecule has 90 valence electrons. The van der Waals surface area contributed by atoms with Crippen molar-refractivity contribution >= 4 is 37.6 Å². The molecule has 18 heavy (non-hydrogen) atoms. The Kier molecular flexibility index (Phi) is 2.91. The van der Waals surface area contributed by atoms with Gasteiger partial charge in [0, 0.05) is 10.0 Å². The average Bonchev–Trinajstić information content (AvgIpc) is 2.65. The van der Waals surface area contributed by atoms with Gasteiger partial charge in [0.25, 0.3) is 0 Å². The highest BCUT2D eigenvalue weighted by molar-refractivity contribution is 9.10. The third-order valence-electron chi connectivity index (χ3n) is 3.34. The summed E-state index contributed by atoms with van der Waals surface area (Å²) in [4.78, 5) is 12.6. The highest BCUT2D eigenvalue weighted by Crippen LogP contribution is 2.44. The fourth-order valence-corrected chi connectivity index (χ4v) is 3.55. The minimum absolute atomic E-state index is 0.144. The van der Waals surface area contributed by atoms with E-state index in [-0.39, 0.29) is 5.78 Å². The summed E-state index contributed by atoms with van der Waals surface area (Å²) in [6.07, 6.45) is 0.707. The molecule has 0 amide bonds. The summed E-state index contributed by atoms with van der Waals surface area (Å²) < 4.78 is 0.344. The Morgan fingerprint density at radius 1 is 1.06 bits per heavy atom. The summed E-state index contributed by atoms with van der Waals surface area (Å²) in [5.41, 5.74) is 2.93. The molecule has 0 saturated heterocycles. The van der Waals surface area contributed by atoms with Gasteiger partial charge in [-0.3, -0.25) is 4.79 Å². The lowest BCUT2D eigenvalue weighted by molar-refractivity contribution is 0.0960. The first kappa shape index (κ1) is 12.1. The van der Waals surface area contributed by atoms with Crippen molar-refractivity contribution in [3.05, 3.63) is 69.7 Å². The Hall–Kier alpha value is -0.930. The summed E-state index contributed by atoms with van der Waals surface area (Å²) in [6.45, 7) is 0. The number of rotatable bonds is 1. The normalized spacial score (nSPS) is 22.0. The Bertz CT molecular complexity index is 622. The van der Waals surface area contributed by atoms with Gasteiger partial charge in [-0.15, -0.1) is 0 Å². The number of Topliss-reactive ketones (excluding diaryl/α,β-unsaturated/α-hetero) is 1. The molecular formula is C15H10Br2O. The predicted octanol–water partition coefficient (Wildman–Crippen LogP) is 4.48. The molecule has 0 fully saturated rings. The van der Waals surface area contributed by atoms with E-state index in [1.165, 1.54) is 0 Å². The first-order valence-corrected chi connectivity index (χ1v) is 7.27. The van der Waals surface area contributed by atoms with Gasteiger partial charge in [0.1, 0.15) is 4.32 Å². The smallest absolute Gasteiger partial charge is 0.184 e. The van der Waals surface area contributed by atoms with Gasteiger partial charge in [0.15, 0.2) is 5.78 Å². The van der Waals surface area contributed by atoms with Crippen LogP contribution in [-0.2, 0) is 10.7 Å². The molecule has 3 rings (SSSR count). The zero-order valence-electron chi connectivity index (χ0n) is 9.49. The van der Waals surface area contributed by atoms with Crippen molar-refractivity contribution in [2.24, 2.45) is 0 Å². The molecule has 0 aromatic heterocycles. The van der Waals surface area contributed by atoms with Gasteiger partial charge >= 0.3 is 0 Å². The third kappa shape index (κ3) is 1.77. The molecule has 3 heteroatoms. The summed E-state index contributed by atoms with van der Waals surface area (Å²) in [7, 11) is 0. The van der Waals surface area contributed by atoms with E-state index in [1.54, 1.807) is 0 Å². The maximum atomic E-state index is 12.6. The quantitative estimate of drug-likeness (QED) is 0.681. The van der Waals surface area contributed by atoms with Gasteiger partial charge in [-0.2, -0.15) is 0 Å². The van der Waals surface area contributed by atoms with Crippen molar-refractivity contribution in [2.75, 3.05) is 0 Å². The summed E-state index contributed by atoms with van der Waals surface area (Å²) in [5, 5.41) is 0. The summed E-state index contributed by atoms with van der Waals surface area (Å²) in [5.74, 6) is 0.144. The van der Waals surface area contributed by atoms with E-state index in [1.807, 2.05) is 48.5 Å². The lowest BCUT2D eigenvalue weighted by atomic mass is 9.95. The molecule has 0 heterocycles. The van der Waals surface area contributed by atoms with Crippen LogP contribution in [0, 0.1) is 0 Å². The van der Waals surface area contributed by atoms with Gasteiger partial charge in [-0.05, 0) is 29.7 Å². The molecular weight excluding hydrogens is 356 g/mol. The highest BCUT2D eigenvalue weighted by atomic mass is 79.9.